The lowest BCUT2D eigenvalue weighted by Gasteiger charge is -2.03. The minimum atomic E-state index is -0.158. The molecule has 4 heteroatoms. The normalized spacial score (nSPS) is 10.2. The first-order valence-electron chi connectivity index (χ1n) is 4.58. The highest BCUT2D eigenvalue weighted by Crippen LogP contribution is 2.20. The molecule has 1 aromatic carbocycles. The summed E-state index contributed by atoms with van der Waals surface area (Å²) >= 11 is 0. The summed E-state index contributed by atoms with van der Waals surface area (Å²) in [5.41, 5.74) is 8.82. The zero-order chi connectivity index (χ0) is 10.8. The number of aryl methyl sites for hydroxylation is 1. The first-order chi connectivity index (χ1) is 7.16. The van der Waals surface area contributed by atoms with Gasteiger partial charge in [0.2, 0.25) is 0 Å². The third kappa shape index (κ3) is 1.88. The van der Waals surface area contributed by atoms with Crippen molar-refractivity contribution in [1.82, 2.24) is 9.97 Å². The maximum Gasteiger partial charge on any atom is 0.251 e. The minimum absolute atomic E-state index is 0.158. The van der Waals surface area contributed by atoms with Crippen LogP contribution in [0.3, 0.4) is 0 Å². The average Bonchev–Trinajstić information content (AvgIpc) is 2.22. The Morgan fingerprint density at radius 3 is 2.80 bits per heavy atom. The van der Waals surface area contributed by atoms with Gasteiger partial charge in [0.25, 0.3) is 5.56 Å². The number of nitrogens with zero attached hydrogens (tertiary/aromatic N) is 1. The van der Waals surface area contributed by atoms with Crippen molar-refractivity contribution in [3.63, 3.8) is 0 Å². The fourth-order valence-electron chi connectivity index (χ4n) is 1.36. The molecule has 0 aliphatic heterocycles. The van der Waals surface area contributed by atoms with E-state index < -0.39 is 0 Å². The fourth-order valence-corrected chi connectivity index (χ4v) is 1.36. The number of nitrogen functional groups attached to an aromatic ring is 1. The topological polar surface area (TPSA) is 71.8 Å². The quantitative estimate of drug-likeness (QED) is 0.683. The summed E-state index contributed by atoms with van der Waals surface area (Å²) in [6.07, 6.45) is 1.39. The largest absolute Gasteiger partial charge is 0.399 e. The molecule has 0 saturated carbocycles. The van der Waals surface area contributed by atoms with Crippen LogP contribution in [0.5, 0.6) is 0 Å². The Hall–Kier alpha value is -2.10. The van der Waals surface area contributed by atoms with Gasteiger partial charge in [-0.2, -0.15) is 0 Å². The number of rotatable bonds is 1. The van der Waals surface area contributed by atoms with E-state index in [9.17, 15) is 4.79 Å². The summed E-state index contributed by atoms with van der Waals surface area (Å²) < 4.78 is 0. The Balaban J connectivity index is 2.55. The molecule has 76 valence electrons. The van der Waals surface area contributed by atoms with E-state index in [0.717, 1.165) is 16.8 Å². The predicted octanol–water partition coefficient (Wildman–Crippen LogP) is 1.33. The Kier molecular flexibility index (Phi) is 2.25. The third-order valence-corrected chi connectivity index (χ3v) is 2.24. The lowest BCUT2D eigenvalue weighted by Crippen LogP contribution is -2.04. The zero-order valence-electron chi connectivity index (χ0n) is 8.32. The number of aromatic amines is 1. The number of hydrogen-bond donors (Lipinski definition) is 2. The number of nitrogens with one attached hydrogen (secondary N) is 1. The number of H-pyrrole nitrogens is 1. The Morgan fingerprint density at radius 1 is 1.33 bits per heavy atom. The Labute approximate surface area is 86.8 Å². The third-order valence-electron chi connectivity index (χ3n) is 2.24. The van der Waals surface area contributed by atoms with Crippen molar-refractivity contribution in [2.45, 2.75) is 6.92 Å². The lowest BCUT2D eigenvalue weighted by atomic mass is 10.1. The summed E-state index contributed by atoms with van der Waals surface area (Å²) in [4.78, 5) is 17.7. The van der Waals surface area contributed by atoms with Crippen LogP contribution in [0.1, 0.15) is 5.56 Å². The molecule has 0 saturated heterocycles. The maximum absolute atomic E-state index is 11.1. The van der Waals surface area contributed by atoms with E-state index in [1.54, 1.807) is 0 Å². The average molecular weight is 201 g/mol. The van der Waals surface area contributed by atoms with Gasteiger partial charge in [-0.1, -0.05) is 6.07 Å². The molecule has 2 rings (SSSR count). The molecule has 15 heavy (non-hydrogen) atoms. The van der Waals surface area contributed by atoms with Crippen molar-refractivity contribution < 1.29 is 0 Å². The SMILES string of the molecule is Cc1cc(-c2cc(=O)[nH]cn2)ccc1N. The number of nitrogens with two attached hydrogens (primary N) is 1. The van der Waals surface area contributed by atoms with E-state index >= 15 is 0 Å². The Bertz CT molecular complexity index is 546. The highest BCUT2D eigenvalue weighted by molar-refractivity contribution is 5.64. The summed E-state index contributed by atoms with van der Waals surface area (Å²) in [5, 5.41) is 0. The van der Waals surface area contributed by atoms with Crippen LogP contribution in [-0.2, 0) is 0 Å². The molecule has 0 unspecified atom stereocenters. The molecule has 0 bridgehead atoms. The van der Waals surface area contributed by atoms with Crippen LogP contribution in [0.4, 0.5) is 5.69 Å². The molecule has 4 nitrogen and oxygen atoms in total. The van der Waals surface area contributed by atoms with Gasteiger partial charge in [0.05, 0.1) is 12.0 Å². The Morgan fingerprint density at radius 2 is 2.13 bits per heavy atom. The van der Waals surface area contributed by atoms with Crippen molar-refractivity contribution in [2.75, 3.05) is 5.73 Å². The maximum atomic E-state index is 11.1. The number of aromatic nitrogens is 2. The molecule has 0 atom stereocenters. The molecule has 1 aromatic heterocycles. The minimum Gasteiger partial charge on any atom is -0.399 e. The van der Waals surface area contributed by atoms with Gasteiger partial charge >= 0.3 is 0 Å². The van der Waals surface area contributed by atoms with Crippen LogP contribution in [-0.4, -0.2) is 9.97 Å². The fraction of sp³-hybridized carbons (Fsp3) is 0.0909. The smallest absolute Gasteiger partial charge is 0.251 e. The van der Waals surface area contributed by atoms with Crippen LogP contribution in [0.15, 0.2) is 35.4 Å². The number of benzene rings is 1. The van der Waals surface area contributed by atoms with Gasteiger partial charge in [0, 0.05) is 17.3 Å². The van der Waals surface area contributed by atoms with Crippen LogP contribution >= 0.6 is 0 Å². The van der Waals surface area contributed by atoms with Crippen LogP contribution in [0, 0.1) is 6.92 Å². The number of hydrogen-bond acceptors (Lipinski definition) is 3. The molecule has 1 heterocycles. The van der Waals surface area contributed by atoms with E-state index in [2.05, 4.69) is 9.97 Å². The van der Waals surface area contributed by atoms with Crippen molar-refractivity contribution in [1.29, 1.82) is 0 Å². The second-order valence-corrected chi connectivity index (χ2v) is 3.37. The van der Waals surface area contributed by atoms with Gasteiger partial charge in [-0.3, -0.25) is 4.79 Å². The first kappa shape index (κ1) is 9.45. The van der Waals surface area contributed by atoms with Crippen molar-refractivity contribution in [3.05, 3.63) is 46.5 Å². The van der Waals surface area contributed by atoms with Crippen molar-refractivity contribution in [2.24, 2.45) is 0 Å². The standard InChI is InChI=1S/C11H11N3O/c1-7-4-8(2-3-9(7)12)10-5-11(15)14-6-13-10/h2-6H,12H2,1H3,(H,13,14,15). The summed E-state index contributed by atoms with van der Waals surface area (Å²) in [7, 11) is 0. The molecule has 0 fully saturated rings. The monoisotopic (exact) mass is 201 g/mol. The van der Waals surface area contributed by atoms with Gasteiger partial charge in [0.1, 0.15) is 0 Å². The van der Waals surface area contributed by atoms with Gasteiger partial charge in [-0.25, -0.2) is 4.98 Å². The van der Waals surface area contributed by atoms with Crippen LogP contribution < -0.4 is 11.3 Å². The summed E-state index contributed by atoms with van der Waals surface area (Å²) in [6.45, 7) is 1.92. The second-order valence-electron chi connectivity index (χ2n) is 3.37. The molecule has 3 N–H and O–H groups in total. The van der Waals surface area contributed by atoms with E-state index in [1.807, 2.05) is 25.1 Å². The van der Waals surface area contributed by atoms with Crippen molar-refractivity contribution >= 4 is 5.69 Å². The zero-order valence-corrected chi connectivity index (χ0v) is 8.32. The molecule has 0 aliphatic rings. The highest BCUT2D eigenvalue weighted by atomic mass is 16.1. The van der Waals surface area contributed by atoms with E-state index in [4.69, 9.17) is 5.73 Å². The molecular formula is C11H11N3O. The van der Waals surface area contributed by atoms with E-state index in [0.29, 0.717) is 5.69 Å². The van der Waals surface area contributed by atoms with Gasteiger partial charge in [-0.15, -0.1) is 0 Å². The van der Waals surface area contributed by atoms with Crippen LogP contribution in [0.25, 0.3) is 11.3 Å². The molecule has 0 spiro atoms. The van der Waals surface area contributed by atoms with Gasteiger partial charge in [-0.05, 0) is 24.6 Å². The lowest BCUT2D eigenvalue weighted by molar-refractivity contribution is 1.12. The highest BCUT2D eigenvalue weighted by Gasteiger charge is 2.01. The first-order valence-corrected chi connectivity index (χ1v) is 4.58. The molecular weight excluding hydrogens is 190 g/mol. The van der Waals surface area contributed by atoms with Crippen LogP contribution in [0.2, 0.25) is 0 Å². The summed E-state index contributed by atoms with van der Waals surface area (Å²) in [5.74, 6) is 0. The summed E-state index contributed by atoms with van der Waals surface area (Å²) in [6, 6.07) is 7.04. The van der Waals surface area contributed by atoms with Gasteiger partial charge in [0.15, 0.2) is 0 Å². The molecule has 0 aliphatic carbocycles. The predicted molar refractivity (Wildman–Crippen MR) is 59.4 cm³/mol. The second kappa shape index (κ2) is 3.57. The molecule has 0 radical (unpaired) electrons. The van der Waals surface area contributed by atoms with Gasteiger partial charge < -0.3 is 10.7 Å². The van der Waals surface area contributed by atoms with E-state index in [1.165, 1.54) is 12.4 Å². The number of anilines is 1. The molecule has 2 aromatic rings. The molecule has 0 amide bonds. The van der Waals surface area contributed by atoms with Crippen molar-refractivity contribution in [3.8, 4) is 11.3 Å². The van der Waals surface area contributed by atoms with E-state index in [-0.39, 0.29) is 5.56 Å².